The van der Waals surface area contributed by atoms with Gasteiger partial charge in [0, 0.05) is 12.7 Å². The number of hydrogen-bond acceptors (Lipinski definition) is 8. The van der Waals surface area contributed by atoms with Crippen LogP contribution in [-0.2, 0) is 19.0 Å². The Labute approximate surface area is 150 Å². The van der Waals surface area contributed by atoms with Gasteiger partial charge in [-0.05, 0) is 24.8 Å². The van der Waals surface area contributed by atoms with Gasteiger partial charge in [-0.25, -0.2) is 4.79 Å². The topological polar surface area (TPSA) is 144 Å². The standard InChI is InChI=1S/C16H23N5O5/c17-10-14(22)19-5-9-24-7-1-8-25-11-12-2-3-15(26-12)21-6-4-13(18)20-16(21)23/h4,6,12,15H,2-3,5,7,9-11,17H2,(H,19,22)(H2,18,20,23)/t12-,15+/m0/s1. The fraction of sp³-hybridized carbons (Fsp3) is 0.562. The molecule has 0 aliphatic carbocycles. The van der Waals surface area contributed by atoms with Gasteiger partial charge < -0.3 is 31.0 Å². The molecule has 1 aliphatic rings. The highest BCUT2D eigenvalue weighted by Gasteiger charge is 2.27. The van der Waals surface area contributed by atoms with Crippen LogP contribution in [0.15, 0.2) is 17.1 Å². The molecule has 142 valence electrons. The van der Waals surface area contributed by atoms with Crippen LogP contribution in [0.1, 0.15) is 19.1 Å². The Bertz CT molecular complexity index is 711. The van der Waals surface area contributed by atoms with Crippen LogP contribution in [0.2, 0.25) is 0 Å². The quantitative estimate of drug-likeness (QED) is 0.376. The molecule has 1 saturated heterocycles. The first-order valence-electron chi connectivity index (χ1n) is 8.24. The van der Waals surface area contributed by atoms with Crippen LogP contribution in [0, 0.1) is 12.0 Å². The number of carbonyl (C=O) groups excluding carboxylic acids is 1. The van der Waals surface area contributed by atoms with Crippen molar-refractivity contribution in [3.05, 3.63) is 22.7 Å². The number of ether oxygens (including phenoxy) is 3. The monoisotopic (exact) mass is 365 g/mol. The lowest BCUT2D eigenvalue weighted by molar-refractivity contribution is -0.119. The van der Waals surface area contributed by atoms with Gasteiger partial charge in [-0.2, -0.15) is 4.98 Å². The van der Waals surface area contributed by atoms with E-state index < -0.39 is 5.69 Å². The number of hydrogen-bond donors (Lipinski definition) is 3. The summed E-state index contributed by atoms with van der Waals surface area (Å²) in [4.78, 5) is 26.4. The molecular weight excluding hydrogens is 342 g/mol. The van der Waals surface area contributed by atoms with Crippen LogP contribution in [0.5, 0.6) is 0 Å². The van der Waals surface area contributed by atoms with E-state index in [1.54, 1.807) is 12.3 Å². The molecule has 2 heterocycles. The summed E-state index contributed by atoms with van der Waals surface area (Å²) in [5.74, 6) is 2.66. The van der Waals surface area contributed by atoms with Gasteiger partial charge in [0.15, 0.2) is 0 Å². The summed E-state index contributed by atoms with van der Waals surface area (Å²) in [5.41, 5.74) is 10.2. The molecule has 0 spiro atoms. The lowest BCUT2D eigenvalue weighted by Crippen LogP contribution is -2.32. The highest BCUT2D eigenvalue weighted by Crippen LogP contribution is 2.27. The van der Waals surface area contributed by atoms with Crippen LogP contribution < -0.4 is 22.5 Å². The van der Waals surface area contributed by atoms with Gasteiger partial charge in [0.2, 0.25) is 5.91 Å². The maximum absolute atomic E-state index is 11.8. The van der Waals surface area contributed by atoms with Gasteiger partial charge in [0.25, 0.3) is 0 Å². The molecule has 1 fully saturated rings. The zero-order valence-electron chi connectivity index (χ0n) is 14.3. The summed E-state index contributed by atoms with van der Waals surface area (Å²) in [6.07, 6.45) is 5.03. The van der Waals surface area contributed by atoms with Crippen molar-refractivity contribution in [3.63, 3.8) is 0 Å². The number of aromatic nitrogens is 2. The third kappa shape index (κ3) is 6.36. The molecule has 2 rings (SSSR count). The Morgan fingerprint density at radius 2 is 2.35 bits per heavy atom. The van der Waals surface area contributed by atoms with E-state index in [2.05, 4.69) is 22.3 Å². The highest BCUT2D eigenvalue weighted by atomic mass is 16.5. The normalized spacial score (nSPS) is 18.8. The van der Waals surface area contributed by atoms with Crippen molar-refractivity contribution >= 4 is 11.7 Å². The number of rotatable bonds is 8. The van der Waals surface area contributed by atoms with Crippen molar-refractivity contribution in [3.8, 4) is 12.0 Å². The summed E-state index contributed by atoms with van der Waals surface area (Å²) < 4.78 is 17.6. The number of nitrogens with one attached hydrogen (secondary N) is 1. The molecule has 1 aromatic rings. The minimum Gasteiger partial charge on any atom is -0.444 e. The fourth-order valence-corrected chi connectivity index (χ4v) is 2.33. The molecule has 0 unspecified atom stereocenters. The fourth-order valence-electron chi connectivity index (χ4n) is 2.33. The van der Waals surface area contributed by atoms with E-state index in [0.717, 1.165) is 6.42 Å². The Morgan fingerprint density at radius 1 is 1.50 bits per heavy atom. The second-order valence-corrected chi connectivity index (χ2v) is 5.53. The Hall–Kier alpha value is -2.61. The summed E-state index contributed by atoms with van der Waals surface area (Å²) >= 11 is 0. The predicted molar refractivity (Wildman–Crippen MR) is 92.7 cm³/mol. The van der Waals surface area contributed by atoms with E-state index in [9.17, 15) is 9.59 Å². The van der Waals surface area contributed by atoms with Crippen molar-refractivity contribution in [2.45, 2.75) is 25.2 Å². The van der Waals surface area contributed by atoms with Crippen molar-refractivity contribution < 1.29 is 19.0 Å². The third-order valence-corrected chi connectivity index (χ3v) is 3.59. The number of carbonyl (C=O) groups is 1. The van der Waals surface area contributed by atoms with Crippen LogP contribution in [-0.4, -0.2) is 54.5 Å². The summed E-state index contributed by atoms with van der Waals surface area (Å²) in [6, 6.07) is 1.56. The second kappa shape index (κ2) is 10.4. The zero-order chi connectivity index (χ0) is 18.8. The van der Waals surface area contributed by atoms with Crippen molar-refractivity contribution in [1.29, 1.82) is 0 Å². The number of amides is 1. The van der Waals surface area contributed by atoms with E-state index >= 15 is 0 Å². The first-order chi connectivity index (χ1) is 12.6. The number of anilines is 1. The first-order valence-corrected chi connectivity index (χ1v) is 8.24. The van der Waals surface area contributed by atoms with E-state index in [4.69, 9.17) is 25.7 Å². The highest BCUT2D eigenvalue weighted by molar-refractivity contribution is 5.77. The maximum atomic E-state index is 11.8. The van der Waals surface area contributed by atoms with Gasteiger partial charge in [0.05, 0.1) is 19.3 Å². The van der Waals surface area contributed by atoms with E-state index in [1.165, 1.54) is 4.57 Å². The number of nitrogens with zero attached hydrogens (tertiary/aromatic N) is 2. The molecule has 0 aromatic carbocycles. The predicted octanol–water partition coefficient (Wildman–Crippen LogP) is -1.43. The summed E-state index contributed by atoms with van der Waals surface area (Å²) in [7, 11) is 0. The molecule has 2 atom stereocenters. The molecule has 26 heavy (non-hydrogen) atoms. The van der Waals surface area contributed by atoms with Crippen LogP contribution >= 0.6 is 0 Å². The van der Waals surface area contributed by atoms with Crippen LogP contribution in [0.25, 0.3) is 0 Å². The SMILES string of the molecule is NCC(=O)NCCOCC#COC[C@@H]1CC[C@H](n2ccc(N)nc2=O)O1. The van der Waals surface area contributed by atoms with Crippen LogP contribution in [0.3, 0.4) is 0 Å². The number of nitrogen functional groups attached to an aromatic ring is 1. The lowest BCUT2D eigenvalue weighted by atomic mass is 10.2. The molecule has 0 radical (unpaired) electrons. The molecule has 1 amide bonds. The summed E-state index contributed by atoms with van der Waals surface area (Å²) in [6.45, 7) is 1.18. The summed E-state index contributed by atoms with van der Waals surface area (Å²) in [5, 5.41) is 2.58. The number of nitrogens with two attached hydrogens (primary N) is 2. The Balaban J connectivity index is 1.60. The van der Waals surface area contributed by atoms with Gasteiger partial charge >= 0.3 is 5.69 Å². The Morgan fingerprint density at radius 3 is 3.12 bits per heavy atom. The average molecular weight is 365 g/mol. The van der Waals surface area contributed by atoms with E-state index in [0.29, 0.717) is 26.2 Å². The van der Waals surface area contributed by atoms with E-state index in [1.807, 2.05) is 0 Å². The zero-order valence-corrected chi connectivity index (χ0v) is 14.3. The lowest BCUT2D eigenvalue weighted by Gasteiger charge is -2.14. The van der Waals surface area contributed by atoms with Crippen molar-refractivity contribution in [1.82, 2.24) is 14.9 Å². The molecule has 0 bridgehead atoms. The minimum atomic E-state index is -0.434. The maximum Gasteiger partial charge on any atom is 0.351 e. The minimum absolute atomic E-state index is 0.0405. The smallest absolute Gasteiger partial charge is 0.351 e. The van der Waals surface area contributed by atoms with Crippen LogP contribution in [0.4, 0.5) is 5.82 Å². The largest absolute Gasteiger partial charge is 0.444 e. The average Bonchev–Trinajstić information content (AvgIpc) is 3.08. The molecule has 0 saturated carbocycles. The molecule has 10 heteroatoms. The molecule has 10 nitrogen and oxygen atoms in total. The second-order valence-electron chi connectivity index (χ2n) is 5.53. The molecule has 1 aromatic heterocycles. The van der Waals surface area contributed by atoms with Gasteiger partial charge in [-0.1, -0.05) is 0 Å². The Kier molecular flexibility index (Phi) is 7.88. The van der Waals surface area contributed by atoms with Crippen molar-refractivity contribution in [2.75, 3.05) is 38.6 Å². The molecular formula is C16H23N5O5. The third-order valence-electron chi connectivity index (χ3n) is 3.59. The van der Waals surface area contributed by atoms with Gasteiger partial charge in [0.1, 0.15) is 31.4 Å². The van der Waals surface area contributed by atoms with Crippen molar-refractivity contribution in [2.24, 2.45) is 5.73 Å². The van der Waals surface area contributed by atoms with Gasteiger partial charge in [-0.15, -0.1) is 0 Å². The van der Waals surface area contributed by atoms with Gasteiger partial charge in [-0.3, -0.25) is 9.36 Å². The molecule has 5 N–H and O–H groups in total. The van der Waals surface area contributed by atoms with E-state index in [-0.39, 0.29) is 37.2 Å². The molecule has 1 aliphatic heterocycles. The first kappa shape index (κ1) is 19.7.